The Balaban J connectivity index is 2.51. The van der Waals surface area contributed by atoms with Gasteiger partial charge in [-0.3, -0.25) is 0 Å². The molecule has 1 aromatic rings. The normalized spacial score (nSPS) is 10.2. The highest BCUT2D eigenvalue weighted by Crippen LogP contribution is 2.11. The van der Waals surface area contributed by atoms with Gasteiger partial charge in [-0.25, -0.2) is 9.59 Å². The zero-order valence-corrected chi connectivity index (χ0v) is 15.0. The number of ether oxygens (including phenoxy) is 2. The zero-order valence-electron chi connectivity index (χ0n) is 15.0. The lowest BCUT2D eigenvalue weighted by atomic mass is 10.1. The fourth-order valence-corrected chi connectivity index (χ4v) is 2.02. The Hall–Kier alpha value is -2.46. The van der Waals surface area contributed by atoms with Crippen LogP contribution in [-0.4, -0.2) is 39.5 Å². The standard InChI is InChI=1S/C17H25N3O6/c1-4-16(21)25-5-6-26-17(22)18-10-13-7-14(11-19-23-2)9-15(8-13)12-20-24-3/h4,7-9,19-20H,1,5-6,10-12H2,2-3H3,(H,18,22). The van der Waals surface area contributed by atoms with Gasteiger partial charge in [0.05, 0.1) is 14.2 Å². The summed E-state index contributed by atoms with van der Waals surface area (Å²) < 4.78 is 9.63. The summed E-state index contributed by atoms with van der Waals surface area (Å²) in [5.41, 5.74) is 8.42. The highest BCUT2D eigenvalue weighted by atomic mass is 16.6. The molecule has 1 amide bonds. The first-order valence-corrected chi connectivity index (χ1v) is 7.92. The average Bonchev–Trinajstić information content (AvgIpc) is 2.66. The van der Waals surface area contributed by atoms with Gasteiger partial charge in [0.25, 0.3) is 0 Å². The maximum atomic E-state index is 11.7. The number of esters is 1. The fraction of sp³-hybridized carbons (Fsp3) is 0.412. The van der Waals surface area contributed by atoms with Crippen LogP contribution in [-0.2, 0) is 43.6 Å². The van der Waals surface area contributed by atoms with E-state index in [0.29, 0.717) is 13.1 Å². The van der Waals surface area contributed by atoms with Crippen molar-refractivity contribution >= 4 is 12.1 Å². The summed E-state index contributed by atoms with van der Waals surface area (Å²) in [7, 11) is 3.09. The maximum Gasteiger partial charge on any atom is 0.407 e. The summed E-state index contributed by atoms with van der Waals surface area (Å²) >= 11 is 0. The van der Waals surface area contributed by atoms with E-state index in [1.54, 1.807) is 14.2 Å². The number of alkyl carbamates (subject to hydrolysis) is 1. The Bertz CT molecular complexity index is 568. The van der Waals surface area contributed by atoms with Crippen molar-refractivity contribution in [1.82, 2.24) is 16.3 Å². The van der Waals surface area contributed by atoms with Crippen molar-refractivity contribution in [2.45, 2.75) is 19.6 Å². The number of hydrogen-bond acceptors (Lipinski definition) is 8. The van der Waals surface area contributed by atoms with Crippen molar-refractivity contribution in [3.05, 3.63) is 47.5 Å². The van der Waals surface area contributed by atoms with Crippen molar-refractivity contribution in [3.8, 4) is 0 Å². The molecule has 9 nitrogen and oxygen atoms in total. The molecule has 9 heteroatoms. The molecule has 0 aromatic heterocycles. The number of carbonyl (C=O) groups is 2. The second-order valence-electron chi connectivity index (χ2n) is 5.07. The first-order valence-electron chi connectivity index (χ1n) is 7.92. The number of benzene rings is 1. The third-order valence-electron chi connectivity index (χ3n) is 3.12. The number of rotatable bonds is 12. The van der Waals surface area contributed by atoms with E-state index in [9.17, 15) is 9.59 Å². The van der Waals surface area contributed by atoms with Crippen LogP contribution in [0.4, 0.5) is 4.79 Å². The van der Waals surface area contributed by atoms with Gasteiger partial charge in [-0.05, 0) is 16.7 Å². The third-order valence-corrected chi connectivity index (χ3v) is 3.12. The van der Waals surface area contributed by atoms with Crippen molar-refractivity contribution in [2.75, 3.05) is 27.4 Å². The highest BCUT2D eigenvalue weighted by molar-refractivity contribution is 5.81. The van der Waals surface area contributed by atoms with Crippen molar-refractivity contribution < 1.29 is 28.7 Å². The summed E-state index contributed by atoms with van der Waals surface area (Å²) in [6.45, 7) is 4.53. The Morgan fingerprint density at radius 1 is 0.923 bits per heavy atom. The second-order valence-corrected chi connectivity index (χ2v) is 5.07. The van der Waals surface area contributed by atoms with Gasteiger partial charge in [0.2, 0.25) is 0 Å². The monoisotopic (exact) mass is 367 g/mol. The van der Waals surface area contributed by atoms with Gasteiger partial charge < -0.3 is 24.5 Å². The van der Waals surface area contributed by atoms with Gasteiger partial charge in [0.15, 0.2) is 0 Å². The summed E-state index contributed by atoms with van der Waals surface area (Å²) in [5.74, 6) is -0.562. The number of hydroxylamine groups is 2. The van der Waals surface area contributed by atoms with Gasteiger partial charge in [-0.2, -0.15) is 11.0 Å². The molecule has 0 spiro atoms. The molecular weight excluding hydrogens is 342 g/mol. The van der Waals surface area contributed by atoms with Gasteiger partial charge in [-0.1, -0.05) is 24.8 Å². The Kier molecular flexibility index (Phi) is 10.7. The summed E-state index contributed by atoms with van der Waals surface area (Å²) in [4.78, 5) is 32.3. The van der Waals surface area contributed by atoms with E-state index in [0.717, 1.165) is 22.8 Å². The summed E-state index contributed by atoms with van der Waals surface area (Å²) in [5, 5.41) is 2.64. The molecule has 0 bridgehead atoms. The van der Waals surface area contributed by atoms with Crippen LogP contribution in [0, 0.1) is 0 Å². The minimum Gasteiger partial charge on any atom is -0.459 e. The molecule has 0 fully saturated rings. The van der Waals surface area contributed by atoms with E-state index < -0.39 is 12.1 Å². The summed E-state index contributed by atoms with van der Waals surface area (Å²) in [6.07, 6.45) is 0.443. The van der Waals surface area contributed by atoms with Crippen LogP contribution < -0.4 is 16.3 Å². The molecule has 0 atom stereocenters. The molecule has 1 rings (SSSR count). The predicted octanol–water partition coefficient (Wildman–Crippen LogP) is 0.944. The lowest BCUT2D eigenvalue weighted by Crippen LogP contribution is -2.25. The van der Waals surface area contributed by atoms with Crippen LogP contribution >= 0.6 is 0 Å². The molecule has 1 aromatic carbocycles. The smallest absolute Gasteiger partial charge is 0.407 e. The van der Waals surface area contributed by atoms with Gasteiger partial charge in [-0.15, -0.1) is 0 Å². The molecule has 0 aliphatic rings. The van der Waals surface area contributed by atoms with Gasteiger partial charge >= 0.3 is 12.1 Å². The van der Waals surface area contributed by atoms with Crippen LogP contribution in [0.2, 0.25) is 0 Å². The topological polar surface area (TPSA) is 107 Å². The van der Waals surface area contributed by atoms with Crippen LogP contribution in [0.3, 0.4) is 0 Å². The number of nitrogens with one attached hydrogen (secondary N) is 3. The largest absolute Gasteiger partial charge is 0.459 e. The maximum absolute atomic E-state index is 11.7. The fourth-order valence-electron chi connectivity index (χ4n) is 2.02. The average molecular weight is 367 g/mol. The quantitative estimate of drug-likeness (QED) is 0.217. The molecule has 0 saturated heterocycles. The van der Waals surface area contributed by atoms with E-state index >= 15 is 0 Å². The molecule has 26 heavy (non-hydrogen) atoms. The minimum absolute atomic E-state index is 0.0245. The molecule has 0 saturated carbocycles. The van der Waals surface area contributed by atoms with E-state index in [-0.39, 0.29) is 19.8 Å². The van der Waals surface area contributed by atoms with Gasteiger partial charge in [0.1, 0.15) is 13.2 Å². The van der Waals surface area contributed by atoms with E-state index in [1.807, 2.05) is 18.2 Å². The zero-order chi connectivity index (χ0) is 19.2. The molecule has 3 N–H and O–H groups in total. The molecule has 0 aliphatic heterocycles. The lowest BCUT2D eigenvalue weighted by Gasteiger charge is -2.12. The van der Waals surface area contributed by atoms with E-state index in [4.69, 9.17) is 19.1 Å². The molecule has 0 aliphatic carbocycles. The predicted molar refractivity (Wildman–Crippen MR) is 93.5 cm³/mol. The molecule has 0 radical (unpaired) electrons. The third kappa shape index (κ3) is 9.14. The van der Waals surface area contributed by atoms with Crippen molar-refractivity contribution in [1.29, 1.82) is 0 Å². The SMILES string of the molecule is C=CC(=O)OCCOC(=O)NCc1cc(CNOC)cc(CNOC)c1. The van der Waals surface area contributed by atoms with Crippen LogP contribution in [0.25, 0.3) is 0 Å². The van der Waals surface area contributed by atoms with Gasteiger partial charge in [0, 0.05) is 25.7 Å². The van der Waals surface area contributed by atoms with Crippen molar-refractivity contribution in [3.63, 3.8) is 0 Å². The minimum atomic E-state index is -0.600. The van der Waals surface area contributed by atoms with E-state index in [2.05, 4.69) is 22.9 Å². The summed E-state index contributed by atoms with van der Waals surface area (Å²) in [6, 6.07) is 5.87. The second kappa shape index (κ2) is 12.8. The molecule has 0 heterocycles. The van der Waals surface area contributed by atoms with E-state index in [1.165, 1.54) is 0 Å². The number of hydrogen-bond donors (Lipinski definition) is 3. The van der Waals surface area contributed by atoms with Crippen molar-refractivity contribution in [2.24, 2.45) is 0 Å². The Morgan fingerprint density at radius 3 is 1.92 bits per heavy atom. The molecular formula is C17H25N3O6. The van der Waals surface area contributed by atoms with Crippen LogP contribution in [0.5, 0.6) is 0 Å². The Labute approximate surface area is 152 Å². The van der Waals surface area contributed by atoms with Crippen LogP contribution in [0.15, 0.2) is 30.9 Å². The highest BCUT2D eigenvalue weighted by Gasteiger charge is 2.06. The number of amides is 1. The molecule has 0 unspecified atom stereocenters. The Morgan fingerprint density at radius 2 is 1.42 bits per heavy atom. The lowest BCUT2D eigenvalue weighted by molar-refractivity contribution is -0.138. The first kappa shape index (κ1) is 21.6. The van der Waals surface area contributed by atoms with Crippen LogP contribution in [0.1, 0.15) is 16.7 Å². The number of carbonyl (C=O) groups excluding carboxylic acids is 2. The first-order chi connectivity index (χ1) is 12.6. The molecule has 144 valence electrons.